The van der Waals surface area contributed by atoms with Crippen molar-refractivity contribution >= 4 is 12.4 Å². The van der Waals surface area contributed by atoms with Crippen molar-refractivity contribution in [3.63, 3.8) is 0 Å². The minimum absolute atomic E-state index is 0. The molecule has 0 amide bonds. The highest BCUT2D eigenvalue weighted by molar-refractivity contribution is 5.85. The summed E-state index contributed by atoms with van der Waals surface area (Å²) in [5.41, 5.74) is 1.16. The number of rotatable bonds is 4. The number of hydrogen-bond donors (Lipinski definition) is 2. The molecule has 0 aliphatic rings. The van der Waals surface area contributed by atoms with Gasteiger partial charge in [-0.25, -0.2) is 5.01 Å². The van der Waals surface area contributed by atoms with E-state index in [9.17, 15) is 0 Å². The van der Waals surface area contributed by atoms with Crippen molar-refractivity contribution in [2.45, 2.75) is 6.54 Å². The average Bonchev–Trinajstić information content (AvgIpc) is 2.06. The third-order valence-corrected chi connectivity index (χ3v) is 1.62. The molecule has 0 saturated heterocycles. The molecule has 0 radical (unpaired) electrons. The lowest BCUT2D eigenvalue weighted by atomic mass is 10.2. The third kappa shape index (κ3) is 4.85. The zero-order valence-corrected chi connectivity index (χ0v) is 8.20. The molecule has 1 rings (SSSR count). The summed E-state index contributed by atoms with van der Waals surface area (Å²) in [5.74, 6) is 5.59. The van der Waals surface area contributed by atoms with Crippen LogP contribution in [-0.2, 0) is 6.54 Å². The molecule has 0 aliphatic heterocycles. The van der Waals surface area contributed by atoms with Crippen LogP contribution in [0.4, 0.5) is 0 Å². The third-order valence-electron chi connectivity index (χ3n) is 1.62. The van der Waals surface area contributed by atoms with Gasteiger partial charge in [0.15, 0.2) is 0 Å². The predicted octanol–water partition coefficient (Wildman–Crippen LogP) is 0.776. The molecular formula is C9H15ClN2O. The zero-order valence-electron chi connectivity index (χ0n) is 7.39. The number of benzene rings is 1. The smallest absolute Gasteiger partial charge is 0.0572 e. The fraction of sp³-hybridized carbons (Fsp3) is 0.333. The summed E-state index contributed by atoms with van der Waals surface area (Å²) in [4.78, 5) is 0. The molecule has 0 bridgehead atoms. The van der Waals surface area contributed by atoms with Crippen LogP contribution < -0.4 is 5.84 Å². The van der Waals surface area contributed by atoms with Crippen LogP contribution >= 0.6 is 12.4 Å². The summed E-state index contributed by atoms with van der Waals surface area (Å²) in [5, 5.41) is 10.2. The number of nitrogens with two attached hydrogens (primary N) is 1. The fourth-order valence-corrected chi connectivity index (χ4v) is 1.03. The molecule has 0 unspecified atom stereocenters. The average molecular weight is 203 g/mol. The number of aliphatic hydroxyl groups is 1. The van der Waals surface area contributed by atoms with E-state index in [1.807, 2.05) is 30.3 Å². The van der Waals surface area contributed by atoms with Crippen molar-refractivity contribution in [3.05, 3.63) is 35.9 Å². The van der Waals surface area contributed by atoms with Crippen molar-refractivity contribution in [1.82, 2.24) is 5.01 Å². The Morgan fingerprint density at radius 2 is 1.85 bits per heavy atom. The Morgan fingerprint density at radius 3 is 2.38 bits per heavy atom. The molecule has 0 saturated carbocycles. The molecule has 0 atom stereocenters. The first-order valence-electron chi connectivity index (χ1n) is 3.97. The van der Waals surface area contributed by atoms with Gasteiger partial charge in [0.25, 0.3) is 0 Å². The van der Waals surface area contributed by atoms with Crippen LogP contribution in [0.3, 0.4) is 0 Å². The van der Waals surface area contributed by atoms with Crippen LogP contribution in [0.1, 0.15) is 5.56 Å². The highest BCUT2D eigenvalue weighted by Gasteiger charge is 1.97. The first-order chi connectivity index (χ1) is 5.83. The summed E-state index contributed by atoms with van der Waals surface area (Å²) in [6.45, 7) is 1.29. The van der Waals surface area contributed by atoms with Crippen LogP contribution in [0.25, 0.3) is 0 Å². The number of aliphatic hydroxyl groups excluding tert-OH is 1. The fourth-order valence-electron chi connectivity index (χ4n) is 1.03. The van der Waals surface area contributed by atoms with Crippen molar-refractivity contribution in [2.75, 3.05) is 13.2 Å². The van der Waals surface area contributed by atoms with E-state index in [1.165, 1.54) is 0 Å². The first kappa shape index (κ1) is 12.4. The van der Waals surface area contributed by atoms with Crippen molar-refractivity contribution < 1.29 is 5.11 Å². The zero-order chi connectivity index (χ0) is 8.81. The van der Waals surface area contributed by atoms with Crippen LogP contribution in [0.2, 0.25) is 0 Å². The molecule has 1 aromatic rings. The highest BCUT2D eigenvalue weighted by atomic mass is 35.5. The summed E-state index contributed by atoms with van der Waals surface area (Å²) in [7, 11) is 0. The SMILES string of the molecule is Cl.NN(CCO)Cc1ccccc1. The maximum absolute atomic E-state index is 8.59. The van der Waals surface area contributed by atoms with Crippen LogP contribution in [-0.4, -0.2) is 23.3 Å². The Bertz CT molecular complexity index is 218. The summed E-state index contributed by atoms with van der Waals surface area (Å²) in [6.07, 6.45) is 0. The molecule has 0 aliphatic carbocycles. The van der Waals surface area contributed by atoms with Crippen LogP contribution in [0.15, 0.2) is 30.3 Å². The molecule has 13 heavy (non-hydrogen) atoms. The molecule has 1 aromatic carbocycles. The van der Waals surface area contributed by atoms with Crippen molar-refractivity contribution in [1.29, 1.82) is 0 Å². The minimum Gasteiger partial charge on any atom is -0.395 e. The number of halogens is 1. The number of nitrogens with zero attached hydrogens (tertiary/aromatic N) is 1. The second-order valence-corrected chi connectivity index (χ2v) is 2.68. The standard InChI is InChI=1S/C9H14N2O.ClH/c10-11(6-7-12)8-9-4-2-1-3-5-9;/h1-5,12H,6-8,10H2;1H. The quantitative estimate of drug-likeness (QED) is 0.561. The Kier molecular flexibility index (Phi) is 6.54. The normalized spacial score (nSPS) is 9.77. The Labute approximate surface area is 84.5 Å². The molecule has 3 N–H and O–H groups in total. The van der Waals surface area contributed by atoms with Gasteiger partial charge in [-0.1, -0.05) is 30.3 Å². The van der Waals surface area contributed by atoms with Gasteiger partial charge in [0, 0.05) is 13.1 Å². The maximum Gasteiger partial charge on any atom is 0.0572 e. The lowest BCUT2D eigenvalue weighted by molar-refractivity contribution is 0.193. The van der Waals surface area contributed by atoms with Crippen molar-refractivity contribution in [3.8, 4) is 0 Å². The van der Waals surface area contributed by atoms with Crippen LogP contribution in [0, 0.1) is 0 Å². The van der Waals surface area contributed by atoms with E-state index >= 15 is 0 Å². The minimum atomic E-state index is 0. The van der Waals surface area contributed by atoms with E-state index in [-0.39, 0.29) is 19.0 Å². The van der Waals surface area contributed by atoms with Gasteiger partial charge in [0.1, 0.15) is 0 Å². The molecule has 3 nitrogen and oxygen atoms in total. The Morgan fingerprint density at radius 1 is 1.23 bits per heavy atom. The molecular weight excluding hydrogens is 188 g/mol. The molecule has 0 aromatic heterocycles. The predicted molar refractivity (Wildman–Crippen MR) is 55.4 cm³/mol. The van der Waals surface area contributed by atoms with Gasteiger partial charge in [-0.3, -0.25) is 5.84 Å². The molecule has 0 fully saturated rings. The summed E-state index contributed by atoms with van der Waals surface area (Å²) >= 11 is 0. The van der Waals surface area contributed by atoms with Crippen LogP contribution in [0.5, 0.6) is 0 Å². The van der Waals surface area contributed by atoms with Gasteiger partial charge in [-0.15, -0.1) is 12.4 Å². The topological polar surface area (TPSA) is 49.5 Å². The Hall–Kier alpha value is -0.610. The van der Waals surface area contributed by atoms with Gasteiger partial charge in [0.2, 0.25) is 0 Å². The first-order valence-corrected chi connectivity index (χ1v) is 3.97. The molecule has 0 heterocycles. The number of hydrogen-bond acceptors (Lipinski definition) is 3. The second kappa shape index (κ2) is 6.86. The maximum atomic E-state index is 8.59. The molecule has 74 valence electrons. The highest BCUT2D eigenvalue weighted by Crippen LogP contribution is 2.00. The summed E-state index contributed by atoms with van der Waals surface area (Å²) < 4.78 is 0. The number of hydrazine groups is 1. The monoisotopic (exact) mass is 202 g/mol. The lowest BCUT2D eigenvalue weighted by Crippen LogP contribution is -2.32. The van der Waals surface area contributed by atoms with E-state index in [0.717, 1.165) is 5.56 Å². The van der Waals surface area contributed by atoms with Gasteiger partial charge in [-0.05, 0) is 5.56 Å². The van der Waals surface area contributed by atoms with E-state index in [4.69, 9.17) is 10.9 Å². The lowest BCUT2D eigenvalue weighted by Gasteiger charge is -2.14. The largest absolute Gasteiger partial charge is 0.395 e. The van der Waals surface area contributed by atoms with Gasteiger partial charge < -0.3 is 5.11 Å². The molecule has 0 spiro atoms. The van der Waals surface area contributed by atoms with Gasteiger partial charge >= 0.3 is 0 Å². The van der Waals surface area contributed by atoms with Gasteiger partial charge in [-0.2, -0.15) is 0 Å². The Balaban J connectivity index is 0.00000144. The van der Waals surface area contributed by atoms with E-state index in [0.29, 0.717) is 13.1 Å². The summed E-state index contributed by atoms with van der Waals surface area (Å²) in [6, 6.07) is 9.94. The second-order valence-electron chi connectivity index (χ2n) is 2.68. The van der Waals surface area contributed by atoms with E-state index in [1.54, 1.807) is 5.01 Å². The van der Waals surface area contributed by atoms with E-state index in [2.05, 4.69) is 0 Å². The molecule has 4 heteroatoms. The van der Waals surface area contributed by atoms with Gasteiger partial charge in [0.05, 0.1) is 6.61 Å². The van der Waals surface area contributed by atoms with Crippen molar-refractivity contribution in [2.24, 2.45) is 5.84 Å². The van der Waals surface area contributed by atoms with E-state index < -0.39 is 0 Å².